The zero-order valence-electron chi connectivity index (χ0n) is 27.6. The van der Waals surface area contributed by atoms with E-state index in [1.54, 1.807) is 26.0 Å². The van der Waals surface area contributed by atoms with Crippen molar-refractivity contribution >= 4 is 59.9 Å². The van der Waals surface area contributed by atoms with Gasteiger partial charge in [0.05, 0.1) is 6.20 Å². The molecule has 0 atom stereocenters. The van der Waals surface area contributed by atoms with Crippen LogP contribution in [0.5, 0.6) is 0 Å². The summed E-state index contributed by atoms with van der Waals surface area (Å²) in [4.78, 5) is 8.90. The van der Waals surface area contributed by atoms with E-state index in [9.17, 15) is 8.78 Å². The Morgan fingerprint density at radius 1 is 0.870 bits per heavy atom. The Bertz CT molecular complexity index is 2220. The van der Waals surface area contributed by atoms with Crippen molar-refractivity contribution in [1.29, 1.82) is 0 Å². The van der Waals surface area contributed by atoms with Gasteiger partial charge in [-0.2, -0.15) is 11.3 Å². The van der Waals surface area contributed by atoms with Crippen molar-refractivity contribution in [3.05, 3.63) is 126 Å². The number of halogens is 2. The molecule has 0 bridgehead atoms. The first kappa shape index (κ1) is 32.6. The maximum absolute atomic E-state index is 14.3. The fourth-order valence-electron chi connectivity index (χ4n) is 5.70. The predicted molar refractivity (Wildman–Crippen MR) is 189 cm³/mol. The van der Waals surface area contributed by atoms with Crippen LogP contribution in [0.25, 0.3) is 53.5 Å². The molecule has 0 saturated carbocycles. The van der Waals surface area contributed by atoms with Gasteiger partial charge in [0.2, 0.25) is 0 Å². The Balaban J connectivity index is 0.000000207. The third-order valence-corrected chi connectivity index (χ3v) is 13.5. The number of hydrogen-bond donors (Lipinski definition) is 0. The van der Waals surface area contributed by atoms with Crippen molar-refractivity contribution < 1.29 is 30.3 Å². The van der Waals surface area contributed by atoms with Gasteiger partial charge in [0.15, 0.2) is 0 Å². The molecule has 0 amide bonds. The van der Waals surface area contributed by atoms with Crippen molar-refractivity contribution in [3.63, 3.8) is 0 Å². The van der Waals surface area contributed by atoms with E-state index in [-0.39, 0.29) is 31.5 Å². The minimum absolute atomic E-state index is 0. The van der Waals surface area contributed by atoms with Gasteiger partial charge in [-0.3, -0.25) is 4.98 Å². The molecule has 0 aliphatic heterocycles. The first-order valence-electron chi connectivity index (χ1n) is 15.4. The number of benzene rings is 4. The van der Waals surface area contributed by atoms with Gasteiger partial charge in [-0.25, -0.2) is 8.78 Å². The molecule has 0 spiro atoms. The van der Waals surface area contributed by atoms with E-state index < -0.39 is 25.0 Å². The molecule has 0 saturated heterocycles. The molecule has 3 aromatic heterocycles. The number of pyridine rings is 2. The van der Waals surface area contributed by atoms with Crippen molar-refractivity contribution in [3.8, 4) is 22.5 Å². The summed E-state index contributed by atoms with van der Waals surface area (Å²) in [7, 11) is 0. The Morgan fingerprint density at radius 3 is 2.30 bits per heavy atom. The summed E-state index contributed by atoms with van der Waals surface area (Å²) in [6, 6.07) is 31.2. The van der Waals surface area contributed by atoms with E-state index in [1.807, 2.05) is 42.5 Å². The summed E-state index contributed by atoms with van der Waals surface area (Å²) in [6.45, 7) is 5.49. The zero-order chi connectivity index (χ0) is 32.8. The van der Waals surface area contributed by atoms with Crippen LogP contribution in [0.1, 0.15) is 32.2 Å². The second-order valence-corrected chi connectivity index (χ2v) is 24.1. The van der Waals surface area contributed by atoms with E-state index in [0.29, 0.717) is 5.69 Å². The molecule has 0 fully saturated rings. The van der Waals surface area contributed by atoms with E-state index >= 15 is 0 Å². The number of fused-ring (bicyclic) bond motifs is 5. The van der Waals surface area contributed by atoms with Crippen LogP contribution in [0.3, 0.4) is 0 Å². The van der Waals surface area contributed by atoms with E-state index in [1.165, 1.54) is 39.6 Å². The molecule has 1 radical (unpaired) electrons. The van der Waals surface area contributed by atoms with Crippen LogP contribution >= 0.6 is 11.3 Å². The minimum Gasteiger partial charge on any atom is -0.292 e. The van der Waals surface area contributed by atoms with Crippen molar-refractivity contribution in [2.45, 2.75) is 43.9 Å². The normalized spacial score (nSPS) is 12.0. The predicted octanol–water partition coefficient (Wildman–Crippen LogP) is 10.9. The average molecular weight is 867 g/mol. The van der Waals surface area contributed by atoms with Gasteiger partial charge in [-0.1, -0.05) is 60.5 Å². The molecule has 7 rings (SSSR count). The van der Waals surface area contributed by atoms with Gasteiger partial charge in [0.25, 0.3) is 0 Å². The first-order valence-corrected chi connectivity index (χ1v) is 23.0. The van der Waals surface area contributed by atoms with Crippen LogP contribution in [0.15, 0.2) is 91.3 Å². The molecule has 7 aromatic rings. The number of aromatic nitrogens is 2. The molecule has 0 aliphatic rings. The van der Waals surface area contributed by atoms with Crippen LogP contribution in [0, 0.1) is 30.7 Å². The van der Waals surface area contributed by atoms with Crippen molar-refractivity contribution in [2.24, 2.45) is 0 Å². The third-order valence-electron chi connectivity index (χ3n) is 7.89. The Morgan fingerprint density at radius 2 is 1.61 bits per heavy atom. The number of thiophene rings is 1. The van der Waals surface area contributed by atoms with Crippen LogP contribution in [0.2, 0.25) is 17.3 Å². The van der Waals surface area contributed by atoms with Crippen molar-refractivity contribution in [2.75, 3.05) is 0 Å². The number of hydrogen-bond acceptors (Lipinski definition) is 3. The molecule has 0 unspecified atom stereocenters. The summed E-state index contributed by atoms with van der Waals surface area (Å²) in [5.74, 6) is 5.33. The van der Waals surface area contributed by atoms with Crippen LogP contribution < -0.4 is 4.40 Å². The zero-order valence-corrected chi connectivity index (χ0v) is 31.9. The molecule has 3 heterocycles. The molecule has 7 heteroatoms. The van der Waals surface area contributed by atoms with Gasteiger partial charge < -0.3 is 0 Å². The maximum atomic E-state index is 14.3. The summed E-state index contributed by atoms with van der Waals surface area (Å²) >= 11 is -0.295. The summed E-state index contributed by atoms with van der Waals surface area (Å²) in [6.07, 6.45) is 3.24. The topological polar surface area (TPSA) is 25.8 Å². The molecular formula is C39H34F2GeIrN2S-2. The summed E-state index contributed by atoms with van der Waals surface area (Å²) in [5, 5.41) is 3.94. The fourth-order valence-corrected chi connectivity index (χ4v) is 10.5. The molecule has 235 valence electrons. The molecule has 0 aliphatic carbocycles. The van der Waals surface area contributed by atoms with E-state index in [4.69, 9.17) is 1.37 Å². The molecule has 4 aromatic carbocycles. The van der Waals surface area contributed by atoms with Gasteiger partial charge in [0.1, 0.15) is 11.6 Å². The van der Waals surface area contributed by atoms with Crippen LogP contribution in [-0.4, -0.2) is 23.2 Å². The number of aryl methyl sites for hydroxylation is 1. The standard InChI is InChI=1S/C24H16F2NS.C15H18GeN.Ir/c1-13(2)18-11-21(27-12-20(18)26)19-9-14-5-3-4-6-16(14)23-17-8-7-15(25)10-22(17)28-24(19)23;1-12-10-15(13-8-6-5-7-9-13)17-11-14(12)16(2,3)4;/h3-8,10-13H,1-2H3;5-8,10-11H,1-4H3;/q2*-1;/i13D;;. The largest absolute Gasteiger partial charge is 0.292 e. The first-order chi connectivity index (χ1) is 21.8. The monoisotopic (exact) mass is 868 g/mol. The van der Waals surface area contributed by atoms with Gasteiger partial charge in [-0.15, -0.1) is 17.5 Å². The fraction of sp³-hybridized carbons (Fsp3) is 0.179. The number of nitrogens with zero attached hydrogens (tertiary/aromatic N) is 2. The molecule has 2 nitrogen and oxygen atoms in total. The molecule has 0 N–H and O–H groups in total. The Hall–Kier alpha value is -3.29. The quantitative estimate of drug-likeness (QED) is 0.130. The maximum Gasteiger partial charge on any atom is 0.143 e. The number of rotatable bonds is 4. The molecule has 46 heavy (non-hydrogen) atoms. The average Bonchev–Trinajstić information content (AvgIpc) is 3.39. The van der Waals surface area contributed by atoms with Gasteiger partial charge >= 0.3 is 106 Å². The summed E-state index contributed by atoms with van der Waals surface area (Å²) < 4.78 is 39.7. The smallest absolute Gasteiger partial charge is 0.143 e. The second kappa shape index (κ2) is 13.8. The summed E-state index contributed by atoms with van der Waals surface area (Å²) in [5.41, 5.74) is 5.06. The van der Waals surface area contributed by atoms with Crippen molar-refractivity contribution in [1.82, 2.24) is 9.97 Å². The van der Waals surface area contributed by atoms with Gasteiger partial charge in [0, 0.05) is 31.9 Å². The SMILES string of the molecule is Cc1cc(-c2[c-]cccc2)nc[c]1[Ge]([CH3])([CH3])[CH3].[2H]C(C)(C)c1cc(-c2[c-]c3ccccc3c3c2sc2cc(F)ccc23)ncc1F.[Ir]. The Kier molecular flexibility index (Phi) is 9.81. The molecular weight excluding hydrogens is 831 g/mol. The van der Waals surface area contributed by atoms with Crippen LogP contribution in [0.4, 0.5) is 8.78 Å². The van der Waals surface area contributed by atoms with E-state index in [0.717, 1.165) is 47.8 Å². The van der Waals surface area contributed by atoms with Crippen LogP contribution in [-0.2, 0) is 20.1 Å². The minimum atomic E-state index is -1.77. The second-order valence-electron chi connectivity index (χ2n) is 12.5. The third kappa shape index (κ3) is 6.86. The van der Waals surface area contributed by atoms with Gasteiger partial charge in [-0.05, 0) is 33.7 Å². The van der Waals surface area contributed by atoms with E-state index in [2.05, 4.69) is 64.6 Å². The Labute approximate surface area is 291 Å².